The molecule has 4 heteroatoms. The van der Waals surface area contributed by atoms with Crippen LogP contribution >= 0.6 is 0 Å². The van der Waals surface area contributed by atoms with Crippen LogP contribution in [0.1, 0.15) is 43.6 Å². The maximum absolute atomic E-state index is 13.1. The zero-order valence-corrected chi connectivity index (χ0v) is 16.7. The van der Waals surface area contributed by atoms with Gasteiger partial charge in [0.2, 0.25) is 0 Å². The minimum absolute atomic E-state index is 0.00320. The van der Waals surface area contributed by atoms with Gasteiger partial charge in [-0.2, -0.15) is 0 Å². The smallest absolute Gasteiger partial charge is 0.196 e. The van der Waals surface area contributed by atoms with Crippen LogP contribution in [0, 0.1) is 0 Å². The number of para-hydroxylation sites is 1. The summed E-state index contributed by atoms with van der Waals surface area (Å²) in [7, 11) is 0. The molecule has 2 aromatic carbocycles. The second kappa shape index (κ2) is 8.30. The first-order valence-corrected chi connectivity index (χ1v) is 9.79. The molecule has 0 fully saturated rings. The molecule has 0 saturated carbocycles. The van der Waals surface area contributed by atoms with Crippen molar-refractivity contribution < 1.29 is 9.21 Å². The summed E-state index contributed by atoms with van der Waals surface area (Å²) < 4.78 is 5.83. The SMILES string of the molecule is CCN(CC)c1ccc(C(=O)c2coc3c(N(CC)CC)cccc23)cc1. The standard InChI is InChI=1S/C23H28N2O2/c1-5-24(6-2)18-14-12-17(13-15-18)22(26)20-16-27-23-19(20)10-9-11-21(23)25(7-3)8-4/h9-16H,5-8H2,1-4H3. The molecule has 3 aromatic rings. The minimum Gasteiger partial charge on any atom is -0.461 e. The fourth-order valence-electron chi connectivity index (χ4n) is 3.60. The predicted molar refractivity (Wildman–Crippen MR) is 113 cm³/mol. The fourth-order valence-corrected chi connectivity index (χ4v) is 3.60. The van der Waals surface area contributed by atoms with Crippen molar-refractivity contribution in [2.45, 2.75) is 27.7 Å². The lowest BCUT2D eigenvalue weighted by Crippen LogP contribution is -2.21. The number of hydrogen-bond donors (Lipinski definition) is 0. The Labute approximate surface area is 161 Å². The number of hydrogen-bond acceptors (Lipinski definition) is 4. The molecule has 142 valence electrons. The lowest BCUT2D eigenvalue weighted by Gasteiger charge is -2.21. The highest BCUT2D eigenvalue weighted by molar-refractivity contribution is 6.17. The van der Waals surface area contributed by atoms with E-state index in [1.54, 1.807) is 6.26 Å². The molecule has 1 aromatic heterocycles. The summed E-state index contributed by atoms with van der Waals surface area (Å²) >= 11 is 0. The number of nitrogens with zero attached hydrogens (tertiary/aromatic N) is 2. The number of ketones is 1. The molecule has 0 bridgehead atoms. The van der Waals surface area contributed by atoms with E-state index in [0.717, 1.165) is 48.5 Å². The lowest BCUT2D eigenvalue weighted by molar-refractivity contribution is 0.103. The molecule has 0 spiro atoms. The second-order valence-corrected chi connectivity index (χ2v) is 6.52. The van der Waals surface area contributed by atoms with Gasteiger partial charge in [0.15, 0.2) is 11.4 Å². The number of carbonyl (C=O) groups is 1. The van der Waals surface area contributed by atoms with Crippen molar-refractivity contribution in [1.82, 2.24) is 0 Å². The van der Waals surface area contributed by atoms with Crippen molar-refractivity contribution in [3.63, 3.8) is 0 Å². The molecule has 0 unspecified atom stereocenters. The molecule has 3 rings (SSSR count). The monoisotopic (exact) mass is 364 g/mol. The second-order valence-electron chi connectivity index (χ2n) is 6.52. The zero-order valence-electron chi connectivity index (χ0n) is 16.7. The highest BCUT2D eigenvalue weighted by Gasteiger charge is 2.19. The Bertz CT molecular complexity index is 904. The Balaban J connectivity index is 1.96. The van der Waals surface area contributed by atoms with Crippen LogP contribution in [0.2, 0.25) is 0 Å². The molecule has 1 heterocycles. The number of furan rings is 1. The van der Waals surface area contributed by atoms with E-state index in [2.05, 4.69) is 37.5 Å². The van der Waals surface area contributed by atoms with Crippen molar-refractivity contribution in [3.8, 4) is 0 Å². The largest absolute Gasteiger partial charge is 0.461 e. The van der Waals surface area contributed by atoms with E-state index >= 15 is 0 Å². The molecule has 0 radical (unpaired) electrons. The Morgan fingerprint density at radius 2 is 1.48 bits per heavy atom. The van der Waals surface area contributed by atoms with Gasteiger partial charge in [-0.3, -0.25) is 4.79 Å². The van der Waals surface area contributed by atoms with Crippen LogP contribution in [0.4, 0.5) is 11.4 Å². The van der Waals surface area contributed by atoms with E-state index < -0.39 is 0 Å². The Kier molecular flexibility index (Phi) is 5.84. The molecule has 0 N–H and O–H groups in total. The molecule has 0 amide bonds. The van der Waals surface area contributed by atoms with Crippen LogP contribution in [0.3, 0.4) is 0 Å². The van der Waals surface area contributed by atoms with Crippen LogP contribution in [0.15, 0.2) is 53.1 Å². The minimum atomic E-state index is -0.00320. The van der Waals surface area contributed by atoms with Crippen LogP contribution < -0.4 is 9.80 Å². The van der Waals surface area contributed by atoms with Gasteiger partial charge in [0, 0.05) is 42.8 Å². The number of benzene rings is 2. The van der Waals surface area contributed by atoms with Gasteiger partial charge in [-0.1, -0.05) is 12.1 Å². The van der Waals surface area contributed by atoms with Crippen LogP contribution in [0.5, 0.6) is 0 Å². The maximum Gasteiger partial charge on any atom is 0.196 e. The summed E-state index contributed by atoms with van der Waals surface area (Å²) in [5, 5.41) is 0.872. The first-order chi connectivity index (χ1) is 13.1. The van der Waals surface area contributed by atoms with Gasteiger partial charge in [-0.15, -0.1) is 0 Å². The summed E-state index contributed by atoms with van der Waals surface area (Å²) in [5.74, 6) is -0.00320. The van der Waals surface area contributed by atoms with Gasteiger partial charge >= 0.3 is 0 Å². The summed E-state index contributed by atoms with van der Waals surface area (Å²) in [6, 6.07) is 13.8. The van der Waals surface area contributed by atoms with E-state index in [-0.39, 0.29) is 5.78 Å². The number of carbonyl (C=O) groups excluding carboxylic acids is 1. The lowest BCUT2D eigenvalue weighted by atomic mass is 10.0. The topological polar surface area (TPSA) is 36.7 Å². The first kappa shape index (κ1) is 19.0. The van der Waals surface area contributed by atoms with Gasteiger partial charge in [0.1, 0.15) is 6.26 Å². The van der Waals surface area contributed by atoms with E-state index in [9.17, 15) is 4.79 Å². The molecule has 0 aliphatic rings. The van der Waals surface area contributed by atoms with Crippen LogP contribution in [-0.4, -0.2) is 32.0 Å². The summed E-state index contributed by atoms with van der Waals surface area (Å²) in [4.78, 5) is 17.6. The van der Waals surface area contributed by atoms with Gasteiger partial charge in [-0.25, -0.2) is 0 Å². The van der Waals surface area contributed by atoms with Crippen molar-refractivity contribution >= 4 is 28.1 Å². The Morgan fingerprint density at radius 1 is 0.852 bits per heavy atom. The molecule has 0 atom stereocenters. The van der Waals surface area contributed by atoms with E-state index in [0.29, 0.717) is 11.1 Å². The normalized spacial score (nSPS) is 11.0. The predicted octanol–water partition coefficient (Wildman–Crippen LogP) is 5.36. The van der Waals surface area contributed by atoms with Crippen LogP contribution in [0.25, 0.3) is 11.0 Å². The summed E-state index contributed by atoms with van der Waals surface area (Å²) in [6.07, 6.45) is 1.60. The van der Waals surface area contributed by atoms with Gasteiger partial charge in [0.05, 0.1) is 11.3 Å². The zero-order chi connectivity index (χ0) is 19.4. The quantitative estimate of drug-likeness (QED) is 0.505. The van der Waals surface area contributed by atoms with Crippen LogP contribution in [-0.2, 0) is 0 Å². The third-order valence-corrected chi connectivity index (χ3v) is 5.19. The van der Waals surface area contributed by atoms with Crippen molar-refractivity contribution in [2.75, 3.05) is 36.0 Å². The van der Waals surface area contributed by atoms with Crippen molar-refractivity contribution in [3.05, 3.63) is 59.9 Å². The number of fused-ring (bicyclic) bond motifs is 1. The van der Waals surface area contributed by atoms with Crippen molar-refractivity contribution in [2.24, 2.45) is 0 Å². The molecule has 0 aliphatic carbocycles. The van der Waals surface area contributed by atoms with E-state index in [1.807, 2.05) is 42.5 Å². The maximum atomic E-state index is 13.1. The number of rotatable bonds is 8. The highest BCUT2D eigenvalue weighted by atomic mass is 16.3. The average molecular weight is 364 g/mol. The fraction of sp³-hybridized carbons (Fsp3) is 0.348. The molecular formula is C23H28N2O2. The summed E-state index contributed by atoms with van der Waals surface area (Å²) in [5.41, 5.74) is 4.26. The third-order valence-electron chi connectivity index (χ3n) is 5.19. The average Bonchev–Trinajstić information content (AvgIpc) is 3.15. The first-order valence-electron chi connectivity index (χ1n) is 9.79. The van der Waals surface area contributed by atoms with E-state index in [4.69, 9.17) is 4.42 Å². The van der Waals surface area contributed by atoms with Gasteiger partial charge < -0.3 is 14.2 Å². The van der Waals surface area contributed by atoms with Crippen molar-refractivity contribution in [1.29, 1.82) is 0 Å². The molecule has 27 heavy (non-hydrogen) atoms. The molecule has 4 nitrogen and oxygen atoms in total. The molecular weight excluding hydrogens is 336 g/mol. The van der Waals surface area contributed by atoms with Gasteiger partial charge in [-0.05, 0) is 58.0 Å². The Morgan fingerprint density at radius 3 is 2.07 bits per heavy atom. The van der Waals surface area contributed by atoms with Gasteiger partial charge in [0.25, 0.3) is 0 Å². The highest BCUT2D eigenvalue weighted by Crippen LogP contribution is 2.32. The molecule has 0 saturated heterocycles. The Hall–Kier alpha value is -2.75. The molecule has 0 aliphatic heterocycles. The third kappa shape index (κ3) is 3.57. The van der Waals surface area contributed by atoms with E-state index in [1.165, 1.54) is 0 Å². The summed E-state index contributed by atoms with van der Waals surface area (Å²) in [6.45, 7) is 12.2. The number of anilines is 2.